The van der Waals surface area contributed by atoms with Gasteiger partial charge in [-0.25, -0.2) is 0 Å². The summed E-state index contributed by atoms with van der Waals surface area (Å²) in [6.45, 7) is 7.65. The van der Waals surface area contributed by atoms with Crippen molar-refractivity contribution in [1.82, 2.24) is 10.2 Å². The molecule has 0 aromatic heterocycles. The van der Waals surface area contributed by atoms with Gasteiger partial charge in [0.15, 0.2) is 0 Å². The largest absolute Gasteiger partial charge is 0.355 e. The minimum atomic E-state index is 0.170. The molecule has 1 amide bonds. The van der Waals surface area contributed by atoms with Gasteiger partial charge in [0.25, 0.3) is 0 Å². The maximum atomic E-state index is 12.0. The number of nitrogens with one attached hydrogen (secondary N) is 1. The zero-order valence-electron chi connectivity index (χ0n) is 13.3. The fraction of sp³-hybridized carbons (Fsp3) is 0.611. The van der Waals surface area contributed by atoms with Crippen LogP contribution in [0.5, 0.6) is 0 Å². The molecule has 0 saturated carbocycles. The summed E-state index contributed by atoms with van der Waals surface area (Å²) in [7, 11) is 0. The number of aryl methyl sites for hydroxylation is 1. The molecule has 3 heteroatoms. The van der Waals surface area contributed by atoms with Crippen LogP contribution < -0.4 is 5.32 Å². The summed E-state index contributed by atoms with van der Waals surface area (Å²) in [6.07, 6.45) is 3.99. The van der Waals surface area contributed by atoms with E-state index in [0.29, 0.717) is 18.4 Å². The molecule has 1 fully saturated rings. The van der Waals surface area contributed by atoms with Gasteiger partial charge in [0.05, 0.1) is 0 Å². The van der Waals surface area contributed by atoms with Crippen LogP contribution >= 0.6 is 0 Å². The third-order valence-corrected chi connectivity index (χ3v) is 4.37. The Morgan fingerprint density at radius 2 is 1.86 bits per heavy atom. The third-order valence-electron chi connectivity index (χ3n) is 4.37. The second-order valence-electron chi connectivity index (χ2n) is 6.34. The molecule has 0 bridgehead atoms. The standard InChI is InChI=1S/C18H28N2O/c1-15(2)17(20-12-6-7-13-20)14-19-18(21)11-10-16-8-4-3-5-9-16/h3-5,8-9,15,17H,6-7,10-14H2,1-2H3,(H,19,21). The lowest BCUT2D eigenvalue weighted by Gasteiger charge is -2.31. The number of hydrogen-bond donors (Lipinski definition) is 1. The average molecular weight is 288 g/mol. The van der Waals surface area contributed by atoms with Crippen LogP contribution in [-0.2, 0) is 11.2 Å². The van der Waals surface area contributed by atoms with Crippen molar-refractivity contribution in [3.63, 3.8) is 0 Å². The molecule has 1 atom stereocenters. The highest BCUT2D eigenvalue weighted by Gasteiger charge is 2.24. The predicted octanol–water partition coefficient (Wildman–Crippen LogP) is 2.86. The molecule has 1 aromatic carbocycles. The van der Waals surface area contributed by atoms with E-state index in [9.17, 15) is 4.79 Å². The third kappa shape index (κ3) is 5.16. The summed E-state index contributed by atoms with van der Waals surface area (Å²) in [6, 6.07) is 10.7. The number of likely N-dealkylation sites (tertiary alicyclic amines) is 1. The molecule has 1 aromatic rings. The molecule has 116 valence electrons. The highest BCUT2D eigenvalue weighted by atomic mass is 16.1. The van der Waals surface area contributed by atoms with Crippen LogP contribution in [0, 0.1) is 5.92 Å². The molecule has 0 spiro atoms. The van der Waals surface area contributed by atoms with Crippen LogP contribution in [0.1, 0.15) is 38.7 Å². The summed E-state index contributed by atoms with van der Waals surface area (Å²) in [5.74, 6) is 0.751. The first-order chi connectivity index (χ1) is 10.2. The topological polar surface area (TPSA) is 32.3 Å². The Bertz CT molecular complexity index is 424. The smallest absolute Gasteiger partial charge is 0.220 e. The summed E-state index contributed by atoms with van der Waals surface area (Å²) < 4.78 is 0. The number of hydrogen-bond acceptors (Lipinski definition) is 2. The first-order valence-corrected chi connectivity index (χ1v) is 8.21. The molecule has 0 aliphatic carbocycles. The molecule has 1 aliphatic rings. The Kier molecular flexibility index (Phi) is 6.24. The zero-order valence-corrected chi connectivity index (χ0v) is 13.3. The normalized spacial score (nSPS) is 17.1. The van der Waals surface area contributed by atoms with Gasteiger partial charge in [0.2, 0.25) is 5.91 Å². The number of benzene rings is 1. The highest BCUT2D eigenvalue weighted by molar-refractivity contribution is 5.76. The van der Waals surface area contributed by atoms with Crippen molar-refractivity contribution < 1.29 is 4.79 Å². The Labute approximate surface area is 128 Å². The number of amides is 1. The molecular formula is C18H28N2O. The number of nitrogens with zero attached hydrogens (tertiary/aromatic N) is 1. The lowest BCUT2D eigenvalue weighted by molar-refractivity contribution is -0.121. The minimum absolute atomic E-state index is 0.170. The van der Waals surface area contributed by atoms with Crippen LogP contribution in [0.3, 0.4) is 0 Å². The molecule has 1 aliphatic heterocycles. The molecule has 21 heavy (non-hydrogen) atoms. The lowest BCUT2D eigenvalue weighted by Crippen LogP contribution is -2.45. The van der Waals surface area contributed by atoms with Crippen molar-refractivity contribution in [2.24, 2.45) is 5.92 Å². The van der Waals surface area contributed by atoms with Gasteiger partial charge in [0.1, 0.15) is 0 Å². The molecule has 2 rings (SSSR count). The first-order valence-electron chi connectivity index (χ1n) is 8.21. The molecule has 1 heterocycles. The Balaban J connectivity index is 1.74. The maximum absolute atomic E-state index is 12.0. The van der Waals surface area contributed by atoms with E-state index in [2.05, 4.69) is 36.2 Å². The van der Waals surface area contributed by atoms with E-state index in [4.69, 9.17) is 0 Å². The van der Waals surface area contributed by atoms with E-state index in [1.807, 2.05) is 18.2 Å². The molecule has 1 N–H and O–H groups in total. The maximum Gasteiger partial charge on any atom is 0.220 e. The average Bonchev–Trinajstić information content (AvgIpc) is 3.00. The van der Waals surface area contributed by atoms with Crippen molar-refractivity contribution in [1.29, 1.82) is 0 Å². The summed E-state index contributed by atoms with van der Waals surface area (Å²) >= 11 is 0. The van der Waals surface area contributed by atoms with Crippen molar-refractivity contribution in [2.75, 3.05) is 19.6 Å². The van der Waals surface area contributed by atoms with Gasteiger partial charge < -0.3 is 5.32 Å². The predicted molar refractivity (Wildman–Crippen MR) is 87.2 cm³/mol. The quantitative estimate of drug-likeness (QED) is 0.837. The van der Waals surface area contributed by atoms with Crippen molar-refractivity contribution in [3.8, 4) is 0 Å². The van der Waals surface area contributed by atoms with Gasteiger partial charge in [0, 0.05) is 19.0 Å². The van der Waals surface area contributed by atoms with Gasteiger partial charge in [-0.1, -0.05) is 44.2 Å². The van der Waals surface area contributed by atoms with Gasteiger partial charge in [-0.2, -0.15) is 0 Å². The van der Waals surface area contributed by atoms with Crippen molar-refractivity contribution in [3.05, 3.63) is 35.9 Å². The van der Waals surface area contributed by atoms with Gasteiger partial charge in [-0.05, 0) is 43.8 Å². The highest BCUT2D eigenvalue weighted by Crippen LogP contribution is 2.17. The second kappa shape index (κ2) is 8.18. The Hall–Kier alpha value is -1.35. The summed E-state index contributed by atoms with van der Waals surface area (Å²) in [4.78, 5) is 14.6. The summed E-state index contributed by atoms with van der Waals surface area (Å²) in [5.41, 5.74) is 1.23. The number of rotatable bonds is 7. The van der Waals surface area contributed by atoms with Crippen molar-refractivity contribution in [2.45, 2.75) is 45.6 Å². The van der Waals surface area contributed by atoms with Gasteiger partial charge in [-0.15, -0.1) is 0 Å². The monoisotopic (exact) mass is 288 g/mol. The fourth-order valence-electron chi connectivity index (χ4n) is 3.07. The first kappa shape index (κ1) is 16.0. The van der Waals surface area contributed by atoms with E-state index < -0.39 is 0 Å². The Morgan fingerprint density at radius 3 is 2.48 bits per heavy atom. The van der Waals surface area contributed by atoms with E-state index in [-0.39, 0.29) is 5.91 Å². The van der Waals surface area contributed by atoms with E-state index in [1.54, 1.807) is 0 Å². The zero-order chi connectivity index (χ0) is 15.1. The Morgan fingerprint density at radius 1 is 1.19 bits per heavy atom. The van der Waals surface area contributed by atoms with Crippen LogP contribution in [0.15, 0.2) is 30.3 Å². The van der Waals surface area contributed by atoms with E-state index in [0.717, 1.165) is 13.0 Å². The van der Waals surface area contributed by atoms with Crippen LogP contribution in [0.2, 0.25) is 0 Å². The second-order valence-corrected chi connectivity index (χ2v) is 6.34. The minimum Gasteiger partial charge on any atom is -0.355 e. The van der Waals surface area contributed by atoms with Gasteiger partial charge in [-0.3, -0.25) is 9.69 Å². The fourth-order valence-corrected chi connectivity index (χ4v) is 3.07. The van der Waals surface area contributed by atoms with E-state index >= 15 is 0 Å². The molecule has 1 unspecified atom stereocenters. The molecule has 0 radical (unpaired) electrons. The molecular weight excluding hydrogens is 260 g/mol. The molecule has 3 nitrogen and oxygen atoms in total. The van der Waals surface area contributed by atoms with Gasteiger partial charge >= 0.3 is 0 Å². The van der Waals surface area contributed by atoms with Crippen LogP contribution in [0.4, 0.5) is 0 Å². The molecule has 1 saturated heterocycles. The number of carbonyl (C=O) groups is 1. The summed E-state index contributed by atoms with van der Waals surface area (Å²) in [5, 5.41) is 3.13. The number of carbonyl (C=O) groups excluding carboxylic acids is 1. The lowest BCUT2D eigenvalue weighted by atomic mass is 10.0. The van der Waals surface area contributed by atoms with Crippen LogP contribution in [0.25, 0.3) is 0 Å². The van der Waals surface area contributed by atoms with E-state index in [1.165, 1.54) is 31.5 Å². The van der Waals surface area contributed by atoms with Crippen LogP contribution in [-0.4, -0.2) is 36.5 Å². The SMILES string of the molecule is CC(C)C(CNC(=O)CCc1ccccc1)N1CCCC1. The van der Waals surface area contributed by atoms with Crippen molar-refractivity contribution >= 4 is 5.91 Å².